The summed E-state index contributed by atoms with van der Waals surface area (Å²) in [6, 6.07) is 0. The Bertz CT molecular complexity index is 221. The average Bonchev–Trinajstić information content (AvgIpc) is 2.22. The number of thioether (sulfide) groups is 1. The SMILES string of the molecule is CC1C=C2C=CC=C2S1. The smallest absolute Gasteiger partial charge is 0.0255 e. The van der Waals surface area contributed by atoms with Crippen LogP contribution < -0.4 is 0 Å². The summed E-state index contributed by atoms with van der Waals surface area (Å²) in [5.74, 6) is 0. The molecule has 0 aromatic heterocycles. The Morgan fingerprint density at radius 2 is 2.44 bits per heavy atom. The number of hydrogen-bond acceptors (Lipinski definition) is 1. The van der Waals surface area contributed by atoms with Gasteiger partial charge >= 0.3 is 0 Å². The molecule has 0 spiro atoms. The number of hydrogen-bond donors (Lipinski definition) is 0. The van der Waals surface area contributed by atoms with E-state index in [-0.39, 0.29) is 0 Å². The fourth-order valence-corrected chi connectivity index (χ4v) is 2.19. The van der Waals surface area contributed by atoms with E-state index < -0.39 is 0 Å². The third kappa shape index (κ3) is 0.761. The monoisotopic (exact) mass is 136 g/mol. The van der Waals surface area contributed by atoms with Crippen LogP contribution in [0, 0.1) is 0 Å². The van der Waals surface area contributed by atoms with Crippen molar-refractivity contribution in [1.82, 2.24) is 0 Å². The van der Waals surface area contributed by atoms with Gasteiger partial charge in [0.1, 0.15) is 0 Å². The van der Waals surface area contributed by atoms with Crippen LogP contribution in [0.1, 0.15) is 6.92 Å². The number of allylic oxidation sites excluding steroid dienone is 4. The van der Waals surface area contributed by atoms with Gasteiger partial charge in [-0.05, 0) is 18.6 Å². The Morgan fingerprint density at radius 3 is 3.22 bits per heavy atom. The first kappa shape index (κ1) is 5.36. The Balaban J connectivity index is 2.40. The second-order valence-electron chi connectivity index (χ2n) is 2.34. The molecule has 1 aliphatic heterocycles. The van der Waals surface area contributed by atoms with Crippen molar-refractivity contribution >= 4 is 11.8 Å². The minimum atomic E-state index is 0.691. The summed E-state index contributed by atoms with van der Waals surface area (Å²) < 4.78 is 0. The van der Waals surface area contributed by atoms with E-state index in [4.69, 9.17) is 0 Å². The van der Waals surface area contributed by atoms with Crippen LogP contribution in [0.4, 0.5) is 0 Å². The molecule has 46 valence electrons. The van der Waals surface area contributed by atoms with Crippen LogP contribution in [0.25, 0.3) is 0 Å². The highest BCUT2D eigenvalue weighted by molar-refractivity contribution is 8.04. The minimum Gasteiger partial charge on any atom is -0.118 e. The maximum atomic E-state index is 2.31. The fraction of sp³-hybridized carbons (Fsp3) is 0.250. The van der Waals surface area contributed by atoms with Gasteiger partial charge in [0.05, 0.1) is 0 Å². The van der Waals surface area contributed by atoms with E-state index >= 15 is 0 Å². The van der Waals surface area contributed by atoms with Gasteiger partial charge in [-0.1, -0.05) is 18.2 Å². The van der Waals surface area contributed by atoms with Gasteiger partial charge in [0.25, 0.3) is 0 Å². The van der Waals surface area contributed by atoms with Gasteiger partial charge in [-0.25, -0.2) is 0 Å². The fourth-order valence-electron chi connectivity index (χ4n) is 1.15. The summed E-state index contributed by atoms with van der Waals surface area (Å²) in [7, 11) is 0. The second-order valence-corrected chi connectivity index (χ2v) is 3.75. The first-order chi connectivity index (χ1) is 4.36. The molecule has 0 nitrogen and oxygen atoms in total. The lowest BCUT2D eigenvalue weighted by molar-refractivity contribution is 1.26. The molecule has 2 rings (SSSR count). The molecule has 9 heavy (non-hydrogen) atoms. The first-order valence-corrected chi connectivity index (χ1v) is 4.01. The maximum Gasteiger partial charge on any atom is 0.0255 e. The van der Waals surface area contributed by atoms with Crippen molar-refractivity contribution in [1.29, 1.82) is 0 Å². The molecule has 0 saturated carbocycles. The molecule has 1 aliphatic carbocycles. The Hall–Kier alpha value is -0.430. The molecule has 2 aliphatic rings. The summed E-state index contributed by atoms with van der Waals surface area (Å²) >= 11 is 1.94. The van der Waals surface area contributed by atoms with Gasteiger partial charge in [-0.3, -0.25) is 0 Å². The second kappa shape index (κ2) is 1.77. The Kier molecular flexibility index (Phi) is 1.06. The van der Waals surface area contributed by atoms with Crippen molar-refractivity contribution in [2.45, 2.75) is 12.2 Å². The van der Waals surface area contributed by atoms with Gasteiger partial charge in [0.15, 0.2) is 0 Å². The van der Waals surface area contributed by atoms with Crippen molar-refractivity contribution in [3.63, 3.8) is 0 Å². The van der Waals surface area contributed by atoms with Crippen LogP contribution in [-0.4, -0.2) is 5.25 Å². The summed E-state index contributed by atoms with van der Waals surface area (Å²) in [4.78, 5) is 1.45. The molecule has 0 radical (unpaired) electrons. The van der Waals surface area contributed by atoms with E-state index in [1.807, 2.05) is 11.8 Å². The zero-order chi connectivity index (χ0) is 6.27. The molecular weight excluding hydrogens is 128 g/mol. The molecule has 0 saturated heterocycles. The van der Waals surface area contributed by atoms with Crippen LogP contribution in [0.15, 0.2) is 34.8 Å². The van der Waals surface area contributed by atoms with Crippen LogP contribution >= 0.6 is 11.8 Å². The highest BCUT2D eigenvalue weighted by Crippen LogP contribution is 2.39. The molecule has 0 amide bonds. The molecular formula is C8H8S. The summed E-state index contributed by atoms with van der Waals surface area (Å²) in [5.41, 5.74) is 1.42. The molecule has 1 heteroatoms. The van der Waals surface area contributed by atoms with Crippen LogP contribution in [-0.2, 0) is 0 Å². The van der Waals surface area contributed by atoms with Gasteiger partial charge < -0.3 is 0 Å². The minimum absolute atomic E-state index is 0.691. The maximum absolute atomic E-state index is 2.31. The molecule has 1 atom stereocenters. The lowest BCUT2D eigenvalue weighted by Gasteiger charge is -1.93. The quantitative estimate of drug-likeness (QED) is 0.493. The lowest BCUT2D eigenvalue weighted by Crippen LogP contribution is -1.79. The van der Waals surface area contributed by atoms with Gasteiger partial charge in [0.2, 0.25) is 0 Å². The number of fused-ring (bicyclic) bond motifs is 1. The third-order valence-electron chi connectivity index (χ3n) is 1.54. The first-order valence-electron chi connectivity index (χ1n) is 3.13. The van der Waals surface area contributed by atoms with E-state index in [2.05, 4.69) is 31.2 Å². The Morgan fingerprint density at radius 1 is 1.56 bits per heavy atom. The van der Waals surface area contributed by atoms with Crippen molar-refractivity contribution in [3.05, 3.63) is 34.8 Å². The predicted molar refractivity (Wildman–Crippen MR) is 42.4 cm³/mol. The van der Waals surface area contributed by atoms with E-state index in [0.717, 1.165) is 0 Å². The van der Waals surface area contributed by atoms with Crippen LogP contribution in [0.2, 0.25) is 0 Å². The third-order valence-corrected chi connectivity index (χ3v) is 2.67. The van der Waals surface area contributed by atoms with E-state index in [1.54, 1.807) is 0 Å². The summed E-state index contributed by atoms with van der Waals surface area (Å²) in [6.45, 7) is 2.23. The molecule has 1 unspecified atom stereocenters. The topological polar surface area (TPSA) is 0 Å². The standard InChI is InChI=1S/C8H8S/c1-6-5-7-3-2-4-8(7)9-6/h2-6H,1H3. The molecule has 0 fully saturated rings. The lowest BCUT2D eigenvalue weighted by atomic mass is 10.2. The van der Waals surface area contributed by atoms with Crippen molar-refractivity contribution in [3.8, 4) is 0 Å². The predicted octanol–water partition coefficient (Wildman–Crippen LogP) is 2.50. The average molecular weight is 136 g/mol. The normalized spacial score (nSPS) is 30.1. The van der Waals surface area contributed by atoms with Crippen LogP contribution in [0.3, 0.4) is 0 Å². The summed E-state index contributed by atoms with van der Waals surface area (Å²) in [6.07, 6.45) is 8.77. The molecule has 0 aromatic carbocycles. The highest BCUT2D eigenvalue weighted by Gasteiger charge is 2.17. The zero-order valence-electron chi connectivity index (χ0n) is 5.29. The molecule has 0 N–H and O–H groups in total. The highest BCUT2D eigenvalue weighted by atomic mass is 32.2. The molecule has 1 heterocycles. The zero-order valence-corrected chi connectivity index (χ0v) is 6.11. The van der Waals surface area contributed by atoms with Gasteiger partial charge in [-0.2, -0.15) is 0 Å². The summed E-state index contributed by atoms with van der Waals surface area (Å²) in [5, 5.41) is 0.691. The molecule has 0 bridgehead atoms. The van der Waals surface area contributed by atoms with Gasteiger partial charge in [-0.15, -0.1) is 11.8 Å². The van der Waals surface area contributed by atoms with Crippen molar-refractivity contribution < 1.29 is 0 Å². The van der Waals surface area contributed by atoms with Gasteiger partial charge in [0, 0.05) is 10.2 Å². The van der Waals surface area contributed by atoms with Crippen molar-refractivity contribution in [2.75, 3.05) is 0 Å². The van der Waals surface area contributed by atoms with E-state index in [9.17, 15) is 0 Å². The van der Waals surface area contributed by atoms with Crippen molar-refractivity contribution in [2.24, 2.45) is 0 Å². The Labute approximate surface area is 59.3 Å². The van der Waals surface area contributed by atoms with E-state index in [1.165, 1.54) is 10.5 Å². The largest absolute Gasteiger partial charge is 0.118 e. The number of rotatable bonds is 0. The van der Waals surface area contributed by atoms with Crippen LogP contribution in [0.5, 0.6) is 0 Å². The molecule has 0 aromatic rings. The van der Waals surface area contributed by atoms with E-state index in [0.29, 0.717) is 5.25 Å².